The van der Waals surface area contributed by atoms with Gasteiger partial charge in [0.25, 0.3) is 6.71 Å². The van der Waals surface area contributed by atoms with E-state index >= 15 is 0 Å². The number of fused-ring (bicyclic) bond motifs is 7. The monoisotopic (exact) mass is 511 g/mol. The van der Waals surface area contributed by atoms with Gasteiger partial charge in [0.2, 0.25) is 0 Å². The molecule has 186 valence electrons. The van der Waals surface area contributed by atoms with Gasteiger partial charge in [-0.05, 0) is 70.6 Å². The van der Waals surface area contributed by atoms with E-state index in [9.17, 15) is 0 Å². The zero-order chi connectivity index (χ0) is 26.2. The van der Waals surface area contributed by atoms with Crippen LogP contribution in [0.1, 0.15) is 0 Å². The standard InChI is InChI=1S/C36H22BNO2/c1-2-10-24(11-3-1)38-29-15-6-4-12-26(29)35-25(13-8-16-30(35)38)23-20-21-32-28(22-23)37-27-14-5-7-17-31(27)39-33-18-9-19-34(40-32)36(33)37/h1-22H. The first kappa shape index (κ1) is 21.7. The summed E-state index contributed by atoms with van der Waals surface area (Å²) in [5, 5.41) is 2.50. The maximum atomic E-state index is 6.47. The van der Waals surface area contributed by atoms with Crippen molar-refractivity contribution in [1.29, 1.82) is 0 Å². The zero-order valence-electron chi connectivity index (χ0n) is 21.5. The molecule has 2 aliphatic heterocycles. The van der Waals surface area contributed by atoms with Crippen molar-refractivity contribution in [3.8, 4) is 39.8 Å². The molecule has 1 aromatic heterocycles. The molecule has 0 saturated heterocycles. The number of rotatable bonds is 2. The second-order valence-electron chi connectivity index (χ2n) is 10.5. The van der Waals surface area contributed by atoms with Gasteiger partial charge >= 0.3 is 0 Å². The molecule has 9 rings (SSSR count). The van der Waals surface area contributed by atoms with Gasteiger partial charge in [-0.1, -0.05) is 84.9 Å². The van der Waals surface area contributed by atoms with Crippen LogP contribution in [0.2, 0.25) is 0 Å². The van der Waals surface area contributed by atoms with Gasteiger partial charge in [-0.25, -0.2) is 0 Å². The lowest BCUT2D eigenvalue weighted by atomic mass is 9.35. The van der Waals surface area contributed by atoms with Gasteiger partial charge in [0.1, 0.15) is 23.0 Å². The molecule has 0 N–H and O–H groups in total. The molecule has 0 fully saturated rings. The van der Waals surface area contributed by atoms with Crippen LogP contribution in [-0.2, 0) is 0 Å². The molecule has 0 bridgehead atoms. The predicted molar refractivity (Wildman–Crippen MR) is 164 cm³/mol. The topological polar surface area (TPSA) is 23.4 Å². The Hall–Kier alpha value is -5.22. The molecule has 7 aromatic rings. The van der Waals surface area contributed by atoms with Crippen LogP contribution in [0.4, 0.5) is 0 Å². The summed E-state index contributed by atoms with van der Waals surface area (Å²) in [5.41, 5.74) is 9.38. The molecule has 3 nitrogen and oxygen atoms in total. The summed E-state index contributed by atoms with van der Waals surface area (Å²) in [7, 11) is 0. The van der Waals surface area contributed by atoms with Crippen LogP contribution >= 0.6 is 0 Å². The molecule has 0 aliphatic carbocycles. The van der Waals surface area contributed by atoms with E-state index in [0.29, 0.717) is 0 Å². The second-order valence-corrected chi connectivity index (χ2v) is 10.5. The SMILES string of the molecule is c1ccc(-n2c3ccccc3c3c(-c4ccc5c(c4)B4c6ccccc6Oc6cccc(c64)O5)cccc32)cc1. The van der Waals surface area contributed by atoms with E-state index in [1.807, 2.05) is 24.3 Å². The molecule has 6 aromatic carbocycles. The summed E-state index contributed by atoms with van der Waals surface area (Å²) in [4.78, 5) is 0. The number of para-hydroxylation sites is 3. The Morgan fingerprint density at radius 2 is 1.18 bits per heavy atom. The van der Waals surface area contributed by atoms with Gasteiger partial charge in [-0.2, -0.15) is 0 Å². The van der Waals surface area contributed by atoms with Crippen molar-refractivity contribution in [2.45, 2.75) is 0 Å². The summed E-state index contributed by atoms with van der Waals surface area (Å²) < 4.78 is 15.2. The molecule has 3 heterocycles. The Morgan fingerprint density at radius 3 is 2.05 bits per heavy atom. The average Bonchev–Trinajstić information content (AvgIpc) is 3.36. The number of hydrogen-bond acceptors (Lipinski definition) is 2. The molecule has 4 heteroatoms. The molecule has 0 atom stereocenters. The van der Waals surface area contributed by atoms with Gasteiger partial charge in [-0.15, -0.1) is 0 Å². The first-order valence-corrected chi connectivity index (χ1v) is 13.6. The Balaban J connectivity index is 1.31. The average molecular weight is 511 g/mol. The third-order valence-corrected chi connectivity index (χ3v) is 8.33. The van der Waals surface area contributed by atoms with Gasteiger partial charge < -0.3 is 14.0 Å². The highest BCUT2D eigenvalue weighted by molar-refractivity contribution is 6.98. The van der Waals surface area contributed by atoms with Crippen molar-refractivity contribution in [1.82, 2.24) is 4.57 Å². The number of benzene rings is 6. The van der Waals surface area contributed by atoms with Gasteiger partial charge in [0.05, 0.1) is 11.0 Å². The van der Waals surface area contributed by atoms with E-state index in [1.165, 1.54) is 38.4 Å². The Bertz CT molecular complexity index is 2120. The number of nitrogens with zero attached hydrogens (tertiary/aromatic N) is 1. The molecule has 0 unspecified atom stereocenters. The minimum atomic E-state index is 0.0460. The Morgan fingerprint density at radius 1 is 0.500 bits per heavy atom. The highest BCUT2D eigenvalue weighted by Gasteiger charge is 2.39. The highest BCUT2D eigenvalue weighted by atomic mass is 16.5. The number of hydrogen-bond donors (Lipinski definition) is 0. The van der Waals surface area contributed by atoms with E-state index < -0.39 is 0 Å². The smallest absolute Gasteiger partial charge is 0.260 e. The first-order valence-electron chi connectivity index (χ1n) is 13.6. The molecule has 0 saturated carbocycles. The van der Waals surface area contributed by atoms with Crippen LogP contribution in [0.25, 0.3) is 38.6 Å². The van der Waals surface area contributed by atoms with Gasteiger partial charge in [0, 0.05) is 21.9 Å². The first-order chi connectivity index (χ1) is 19.8. The summed E-state index contributed by atoms with van der Waals surface area (Å²) >= 11 is 0. The fourth-order valence-electron chi connectivity index (χ4n) is 6.66. The van der Waals surface area contributed by atoms with Gasteiger partial charge in [-0.3, -0.25) is 0 Å². The summed E-state index contributed by atoms with van der Waals surface area (Å²) in [5.74, 6) is 3.54. The maximum Gasteiger partial charge on any atom is 0.260 e. The molecule has 0 spiro atoms. The van der Waals surface area contributed by atoms with E-state index in [-0.39, 0.29) is 6.71 Å². The van der Waals surface area contributed by atoms with Crippen molar-refractivity contribution in [2.75, 3.05) is 0 Å². The van der Waals surface area contributed by atoms with E-state index in [2.05, 4.69) is 114 Å². The van der Waals surface area contributed by atoms with Crippen LogP contribution in [0, 0.1) is 0 Å². The Labute approximate surface area is 231 Å². The summed E-state index contributed by atoms with van der Waals surface area (Å²) in [6, 6.07) is 47.0. The normalized spacial score (nSPS) is 12.8. The third-order valence-electron chi connectivity index (χ3n) is 8.33. The Kier molecular flexibility index (Phi) is 4.41. The molecule has 0 amide bonds. The van der Waals surface area contributed by atoms with Gasteiger partial charge in [0.15, 0.2) is 0 Å². The molecule has 0 radical (unpaired) electrons. The lowest BCUT2D eigenvalue weighted by Gasteiger charge is -2.33. The van der Waals surface area contributed by atoms with Crippen molar-refractivity contribution >= 4 is 44.9 Å². The lowest BCUT2D eigenvalue weighted by Crippen LogP contribution is -2.57. The van der Waals surface area contributed by atoms with Crippen LogP contribution in [0.15, 0.2) is 133 Å². The number of aromatic nitrogens is 1. The van der Waals surface area contributed by atoms with Crippen molar-refractivity contribution in [2.24, 2.45) is 0 Å². The van der Waals surface area contributed by atoms with Crippen LogP contribution in [0.5, 0.6) is 23.0 Å². The third kappa shape index (κ3) is 2.96. The quantitative estimate of drug-likeness (QED) is 0.230. The zero-order valence-corrected chi connectivity index (χ0v) is 21.5. The number of ether oxygens (including phenoxy) is 2. The van der Waals surface area contributed by atoms with Crippen molar-refractivity contribution in [3.05, 3.63) is 133 Å². The van der Waals surface area contributed by atoms with Crippen molar-refractivity contribution in [3.63, 3.8) is 0 Å². The summed E-state index contributed by atoms with van der Waals surface area (Å²) in [6.45, 7) is 0.0460. The molecular formula is C36H22BNO2. The lowest BCUT2D eigenvalue weighted by molar-refractivity contribution is 0.464. The minimum Gasteiger partial charge on any atom is -0.458 e. The highest BCUT2D eigenvalue weighted by Crippen LogP contribution is 2.40. The van der Waals surface area contributed by atoms with E-state index in [1.54, 1.807) is 0 Å². The van der Waals surface area contributed by atoms with E-state index in [0.717, 1.165) is 39.6 Å². The molecular weight excluding hydrogens is 489 g/mol. The van der Waals surface area contributed by atoms with E-state index in [4.69, 9.17) is 9.47 Å². The van der Waals surface area contributed by atoms with Crippen molar-refractivity contribution < 1.29 is 9.47 Å². The fraction of sp³-hybridized carbons (Fsp3) is 0. The van der Waals surface area contributed by atoms with Crippen LogP contribution in [-0.4, -0.2) is 11.3 Å². The fourth-order valence-corrected chi connectivity index (χ4v) is 6.66. The second kappa shape index (κ2) is 8.14. The largest absolute Gasteiger partial charge is 0.458 e. The molecule has 40 heavy (non-hydrogen) atoms. The maximum absolute atomic E-state index is 6.47. The molecule has 2 aliphatic rings. The predicted octanol–water partition coefficient (Wildman–Crippen LogP) is 7.18. The van der Waals surface area contributed by atoms with Crippen LogP contribution in [0.3, 0.4) is 0 Å². The summed E-state index contributed by atoms with van der Waals surface area (Å²) in [6.07, 6.45) is 0. The van der Waals surface area contributed by atoms with Crippen LogP contribution < -0.4 is 25.9 Å². The minimum absolute atomic E-state index is 0.0460.